The summed E-state index contributed by atoms with van der Waals surface area (Å²) in [6.45, 7) is 0.503. The minimum atomic E-state index is -0.0840. The molecule has 0 atom stereocenters. The van der Waals surface area contributed by atoms with Crippen LogP contribution in [0.4, 0.5) is 5.69 Å². The monoisotopic (exact) mass is 313 g/mol. The van der Waals surface area contributed by atoms with Gasteiger partial charge < -0.3 is 15.0 Å². The van der Waals surface area contributed by atoms with Gasteiger partial charge in [-0.15, -0.1) is 0 Å². The maximum absolute atomic E-state index is 12.4. The van der Waals surface area contributed by atoms with Gasteiger partial charge in [-0.05, 0) is 30.4 Å². The number of carbonyl (C=O) groups is 2. The van der Waals surface area contributed by atoms with E-state index in [-0.39, 0.29) is 24.9 Å². The van der Waals surface area contributed by atoms with Crippen molar-refractivity contribution in [3.8, 4) is 0 Å². The van der Waals surface area contributed by atoms with E-state index < -0.39 is 0 Å². The number of fused-ring (bicyclic) bond motifs is 1. The quantitative estimate of drug-likeness (QED) is 0.893. The van der Waals surface area contributed by atoms with Gasteiger partial charge in [0, 0.05) is 26.0 Å². The van der Waals surface area contributed by atoms with Crippen LogP contribution in [0.15, 0.2) is 18.5 Å². The zero-order chi connectivity index (χ0) is 16.1. The minimum absolute atomic E-state index is 0.0595. The molecule has 1 saturated heterocycles. The van der Waals surface area contributed by atoms with Crippen molar-refractivity contribution in [3.63, 3.8) is 0 Å². The van der Waals surface area contributed by atoms with Crippen LogP contribution in [0.2, 0.25) is 0 Å². The van der Waals surface area contributed by atoms with Crippen molar-refractivity contribution in [1.29, 1.82) is 0 Å². The van der Waals surface area contributed by atoms with E-state index in [1.54, 1.807) is 11.9 Å². The zero-order valence-corrected chi connectivity index (χ0v) is 13.0. The summed E-state index contributed by atoms with van der Waals surface area (Å²) in [5, 5.41) is 0. The van der Waals surface area contributed by atoms with Crippen molar-refractivity contribution < 1.29 is 9.59 Å². The van der Waals surface area contributed by atoms with Crippen LogP contribution in [-0.4, -0.2) is 46.2 Å². The Hall–Kier alpha value is -2.41. The molecular weight excluding hydrogens is 294 g/mol. The summed E-state index contributed by atoms with van der Waals surface area (Å²) in [5.74, 6) is 0.393. The standard InChI is InChI=1S/C16H19N5O2/c1-19-8-15(23)21(9-14(19)22)13-4-11(10-2-3-10)6-20-7-12(5-17)18-16(13)20/h4,6-7,10H,2-3,5,8-9,17H2,1H3. The highest BCUT2D eigenvalue weighted by Crippen LogP contribution is 2.42. The molecule has 0 radical (unpaired) electrons. The van der Waals surface area contributed by atoms with Gasteiger partial charge in [0.2, 0.25) is 11.8 Å². The van der Waals surface area contributed by atoms with Gasteiger partial charge >= 0.3 is 0 Å². The largest absolute Gasteiger partial charge is 0.335 e. The Morgan fingerprint density at radius 3 is 2.70 bits per heavy atom. The second-order valence-electron chi connectivity index (χ2n) is 6.33. The van der Waals surface area contributed by atoms with E-state index >= 15 is 0 Å². The van der Waals surface area contributed by atoms with Gasteiger partial charge in [0.25, 0.3) is 0 Å². The molecule has 0 aromatic carbocycles. The first-order chi connectivity index (χ1) is 11.1. The van der Waals surface area contributed by atoms with Gasteiger partial charge in [-0.3, -0.25) is 14.5 Å². The lowest BCUT2D eigenvalue weighted by atomic mass is 10.1. The normalized spacial score (nSPS) is 19.0. The first kappa shape index (κ1) is 14.2. The van der Waals surface area contributed by atoms with E-state index in [4.69, 9.17) is 5.73 Å². The highest BCUT2D eigenvalue weighted by atomic mass is 16.2. The van der Waals surface area contributed by atoms with Gasteiger partial charge in [-0.2, -0.15) is 0 Å². The van der Waals surface area contributed by atoms with Gasteiger partial charge in [0.05, 0.1) is 17.9 Å². The van der Waals surface area contributed by atoms with Crippen LogP contribution in [-0.2, 0) is 16.1 Å². The first-order valence-corrected chi connectivity index (χ1v) is 7.82. The molecule has 120 valence electrons. The van der Waals surface area contributed by atoms with Crippen LogP contribution in [0.3, 0.4) is 0 Å². The predicted octanol–water partition coefficient (Wildman–Crippen LogP) is 0.475. The fourth-order valence-corrected chi connectivity index (χ4v) is 3.03. The number of imidazole rings is 1. The van der Waals surface area contributed by atoms with Crippen molar-refractivity contribution >= 4 is 23.1 Å². The Bertz CT molecular complexity index is 808. The molecule has 0 unspecified atom stereocenters. The van der Waals surface area contributed by atoms with Gasteiger partial charge in [0.15, 0.2) is 5.65 Å². The number of aromatic nitrogens is 2. The summed E-state index contributed by atoms with van der Waals surface area (Å²) in [5.41, 5.74) is 9.05. The summed E-state index contributed by atoms with van der Waals surface area (Å²) >= 11 is 0. The average molecular weight is 313 g/mol. The molecule has 4 rings (SSSR count). The predicted molar refractivity (Wildman–Crippen MR) is 85.0 cm³/mol. The number of hydrogen-bond acceptors (Lipinski definition) is 4. The van der Waals surface area contributed by atoms with Crippen molar-refractivity contribution in [1.82, 2.24) is 14.3 Å². The van der Waals surface area contributed by atoms with Crippen LogP contribution >= 0.6 is 0 Å². The summed E-state index contributed by atoms with van der Waals surface area (Å²) < 4.78 is 1.93. The molecule has 1 saturated carbocycles. The second kappa shape index (κ2) is 5.06. The third-order valence-electron chi connectivity index (χ3n) is 4.54. The third kappa shape index (κ3) is 2.37. The molecular formula is C16H19N5O2. The van der Waals surface area contributed by atoms with Crippen LogP contribution in [0.1, 0.15) is 30.0 Å². The molecule has 3 heterocycles. The first-order valence-electron chi connectivity index (χ1n) is 7.82. The molecule has 2 aliphatic rings. The average Bonchev–Trinajstić information content (AvgIpc) is 3.29. The number of piperazine rings is 1. The molecule has 1 aliphatic heterocycles. The van der Waals surface area contributed by atoms with Gasteiger partial charge in [-0.25, -0.2) is 4.98 Å². The third-order valence-corrected chi connectivity index (χ3v) is 4.54. The van der Waals surface area contributed by atoms with E-state index in [0.717, 1.165) is 5.69 Å². The van der Waals surface area contributed by atoms with Crippen LogP contribution < -0.4 is 10.6 Å². The lowest BCUT2D eigenvalue weighted by Crippen LogP contribution is -2.52. The Morgan fingerprint density at radius 2 is 2.00 bits per heavy atom. The number of nitrogens with zero attached hydrogens (tertiary/aromatic N) is 4. The fraction of sp³-hybridized carbons (Fsp3) is 0.438. The van der Waals surface area contributed by atoms with Crippen molar-refractivity contribution in [2.75, 3.05) is 25.0 Å². The summed E-state index contributed by atoms with van der Waals surface area (Å²) in [7, 11) is 1.65. The number of likely N-dealkylation sites (N-methyl/N-ethyl adjacent to an activating group) is 1. The number of hydrogen-bond donors (Lipinski definition) is 1. The molecule has 2 amide bonds. The SMILES string of the molecule is CN1CC(=O)N(c2cc(C3CC3)cn3cc(CN)nc23)CC1=O. The summed E-state index contributed by atoms with van der Waals surface area (Å²) in [4.78, 5) is 32.0. The van der Waals surface area contributed by atoms with Gasteiger partial charge in [-0.1, -0.05) is 0 Å². The van der Waals surface area contributed by atoms with Crippen LogP contribution in [0.5, 0.6) is 0 Å². The maximum Gasteiger partial charge on any atom is 0.247 e. The lowest BCUT2D eigenvalue weighted by molar-refractivity contribution is -0.136. The number of anilines is 1. The zero-order valence-electron chi connectivity index (χ0n) is 13.0. The molecule has 1 aliphatic carbocycles. The van der Waals surface area contributed by atoms with Gasteiger partial charge in [0.1, 0.15) is 6.54 Å². The molecule has 7 nitrogen and oxygen atoms in total. The van der Waals surface area contributed by atoms with Crippen molar-refractivity contribution in [2.24, 2.45) is 5.73 Å². The Kier molecular flexibility index (Phi) is 3.12. The molecule has 2 N–H and O–H groups in total. The number of carbonyl (C=O) groups excluding carboxylic acids is 2. The highest BCUT2D eigenvalue weighted by Gasteiger charge is 2.32. The molecule has 2 aromatic heterocycles. The number of nitrogens with two attached hydrogens (primary N) is 1. The Morgan fingerprint density at radius 1 is 1.22 bits per heavy atom. The number of rotatable bonds is 3. The molecule has 2 fully saturated rings. The fourth-order valence-electron chi connectivity index (χ4n) is 3.03. The summed E-state index contributed by atoms with van der Waals surface area (Å²) in [6.07, 6.45) is 6.29. The maximum atomic E-state index is 12.4. The van der Waals surface area contributed by atoms with Crippen molar-refractivity contribution in [2.45, 2.75) is 25.3 Å². The molecule has 0 spiro atoms. The van der Waals surface area contributed by atoms with Crippen LogP contribution in [0.25, 0.3) is 5.65 Å². The number of amides is 2. The second-order valence-corrected chi connectivity index (χ2v) is 6.33. The van der Waals surface area contributed by atoms with Crippen LogP contribution in [0, 0.1) is 0 Å². The minimum Gasteiger partial charge on any atom is -0.335 e. The molecule has 7 heteroatoms. The van der Waals surface area contributed by atoms with Crippen molar-refractivity contribution in [3.05, 3.63) is 29.7 Å². The molecule has 23 heavy (non-hydrogen) atoms. The Labute approximate surface area is 133 Å². The highest BCUT2D eigenvalue weighted by molar-refractivity contribution is 6.06. The van der Waals surface area contributed by atoms with E-state index in [9.17, 15) is 9.59 Å². The van der Waals surface area contributed by atoms with E-state index in [1.165, 1.54) is 23.3 Å². The summed E-state index contributed by atoms with van der Waals surface area (Å²) in [6, 6.07) is 2.01. The van der Waals surface area contributed by atoms with E-state index in [1.807, 2.05) is 16.7 Å². The molecule has 0 bridgehead atoms. The lowest BCUT2D eigenvalue weighted by Gasteiger charge is -2.32. The van der Waals surface area contributed by atoms with E-state index in [0.29, 0.717) is 23.8 Å². The topological polar surface area (TPSA) is 83.9 Å². The van der Waals surface area contributed by atoms with E-state index in [2.05, 4.69) is 11.2 Å². The smallest absolute Gasteiger partial charge is 0.247 e. The number of pyridine rings is 1. The molecule has 2 aromatic rings. The Balaban J connectivity index is 1.85.